The minimum Gasteiger partial charge on any atom is -0.355 e. The first kappa shape index (κ1) is 27.4. The van der Waals surface area contributed by atoms with Crippen molar-refractivity contribution in [1.82, 2.24) is 35.3 Å². The van der Waals surface area contributed by atoms with Crippen LogP contribution in [-0.2, 0) is 12.7 Å². The maximum Gasteiger partial charge on any atom is 0.453 e. The first-order valence-corrected chi connectivity index (χ1v) is 11.7. The monoisotopic (exact) mass is 586 g/mol. The number of tetrazole rings is 1. The summed E-state index contributed by atoms with van der Waals surface area (Å²) in [6, 6.07) is 8.60. The smallest absolute Gasteiger partial charge is 0.355 e. The van der Waals surface area contributed by atoms with Crippen molar-refractivity contribution in [3.8, 4) is 5.69 Å². The number of alkyl halides is 3. The number of hydrogen-bond acceptors (Lipinski definition) is 6. The van der Waals surface area contributed by atoms with E-state index in [0.29, 0.717) is 15.3 Å². The zero-order valence-corrected chi connectivity index (χ0v) is 21.7. The van der Waals surface area contributed by atoms with Gasteiger partial charge in [0.1, 0.15) is 5.69 Å². The van der Waals surface area contributed by atoms with E-state index in [2.05, 4.69) is 31.3 Å². The summed E-state index contributed by atoms with van der Waals surface area (Å²) >= 11 is 18.4. The molecule has 16 heteroatoms. The molecule has 0 aliphatic rings. The lowest BCUT2D eigenvalue weighted by Crippen LogP contribution is -2.23. The van der Waals surface area contributed by atoms with Crippen LogP contribution >= 0.6 is 34.8 Å². The number of rotatable bonds is 6. The number of amides is 2. The molecule has 4 aromatic rings. The van der Waals surface area contributed by atoms with Crippen molar-refractivity contribution >= 4 is 52.3 Å². The van der Waals surface area contributed by atoms with Gasteiger partial charge < -0.3 is 10.6 Å². The molecule has 0 saturated heterocycles. The first-order valence-electron chi connectivity index (χ1n) is 10.6. The molecule has 2 N–H and O–H groups in total. The Labute approximate surface area is 227 Å². The Bertz CT molecular complexity index is 1550. The van der Waals surface area contributed by atoms with E-state index < -0.39 is 30.4 Å². The van der Waals surface area contributed by atoms with Crippen molar-refractivity contribution in [2.45, 2.75) is 19.6 Å². The van der Waals surface area contributed by atoms with E-state index in [4.69, 9.17) is 34.8 Å². The van der Waals surface area contributed by atoms with Crippen LogP contribution in [0.1, 0.15) is 37.9 Å². The molecule has 0 fully saturated rings. The van der Waals surface area contributed by atoms with Crippen LogP contribution in [0.3, 0.4) is 0 Å². The quantitative estimate of drug-likeness (QED) is 0.334. The molecular formula is C22H16Cl3F3N8O2. The molecule has 10 nitrogen and oxygen atoms in total. The van der Waals surface area contributed by atoms with Crippen molar-refractivity contribution in [2.24, 2.45) is 0 Å². The van der Waals surface area contributed by atoms with Crippen molar-refractivity contribution in [1.29, 1.82) is 0 Å². The number of nitrogens with zero attached hydrogens (tertiary/aromatic N) is 6. The van der Waals surface area contributed by atoms with Crippen LogP contribution < -0.4 is 10.6 Å². The van der Waals surface area contributed by atoms with Gasteiger partial charge in [0.25, 0.3) is 17.6 Å². The van der Waals surface area contributed by atoms with Gasteiger partial charge in [0.15, 0.2) is 0 Å². The fraction of sp³-hybridized carbons (Fsp3) is 0.182. The summed E-state index contributed by atoms with van der Waals surface area (Å²) in [5, 5.41) is 19.6. The average molecular weight is 588 g/mol. The molecular weight excluding hydrogens is 572 g/mol. The van der Waals surface area contributed by atoms with Crippen molar-refractivity contribution in [3.05, 3.63) is 79.8 Å². The maximum atomic E-state index is 13.5. The third-order valence-electron chi connectivity index (χ3n) is 5.24. The predicted molar refractivity (Wildman–Crippen MR) is 133 cm³/mol. The summed E-state index contributed by atoms with van der Waals surface area (Å²) in [5.41, 5.74) is 0.894. The van der Waals surface area contributed by atoms with Gasteiger partial charge in [-0.15, -0.1) is 5.10 Å². The molecule has 0 atom stereocenters. The van der Waals surface area contributed by atoms with Gasteiger partial charge in [0, 0.05) is 17.1 Å². The molecule has 0 spiro atoms. The number of benzene rings is 2. The molecule has 0 unspecified atom stereocenters. The van der Waals surface area contributed by atoms with Gasteiger partial charge in [-0.2, -0.15) is 18.3 Å². The Balaban J connectivity index is 1.80. The van der Waals surface area contributed by atoms with Crippen LogP contribution in [0.25, 0.3) is 5.69 Å². The SMILES string of the molecule is CNC(=O)c1cc(Cl)cc(C)c1NC(=O)c1cc(Cn2nnnc2C(F)(F)F)nn1-c1ccc(Cl)cc1Cl. The number of carbonyl (C=O) groups is 2. The largest absolute Gasteiger partial charge is 0.453 e. The molecule has 2 heterocycles. The van der Waals surface area contributed by atoms with E-state index in [1.54, 1.807) is 13.0 Å². The number of anilines is 1. The Morgan fingerprint density at radius 2 is 1.76 bits per heavy atom. The molecule has 2 aromatic heterocycles. The van der Waals surface area contributed by atoms with Gasteiger partial charge in [-0.3, -0.25) is 9.59 Å². The van der Waals surface area contributed by atoms with Gasteiger partial charge in [0.05, 0.1) is 34.2 Å². The number of carbonyl (C=O) groups excluding carboxylic acids is 2. The van der Waals surface area contributed by atoms with Gasteiger partial charge in [-0.05, 0) is 59.3 Å². The second kappa shape index (κ2) is 10.6. The van der Waals surface area contributed by atoms with E-state index in [0.717, 1.165) is 4.68 Å². The second-order valence-electron chi connectivity index (χ2n) is 7.86. The average Bonchev–Trinajstić information content (AvgIpc) is 3.47. The molecule has 198 valence electrons. The van der Waals surface area contributed by atoms with E-state index in [1.807, 2.05) is 0 Å². The van der Waals surface area contributed by atoms with Crippen LogP contribution in [0.2, 0.25) is 15.1 Å². The van der Waals surface area contributed by atoms with Gasteiger partial charge in [-0.25, -0.2) is 9.36 Å². The molecule has 0 bridgehead atoms. The molecule has 0 saturated carbocycles. The molecule has 0 radical (unpaired) electrons. The van der Waals surface area contributed by atoms with Gasteiger partial charge >= 0.3 is 6.18 Å². The molecule has 0 aliphatic carbocycles. The summed E-state index contributed by atoms with van der Waals surface area (Å²) in [4.78, 5) is 25.9. The second-order valence-corrected chi connectivity index (χ2v) is 9.14. The van der Waals surface area contributed by atoms with Crippen LogP contribution in [0.5, 0.6) is 0 Å². The van der Waals surface area contributed by atoms with Crippen LogP contribution in [0.4, 0.5) is 18.9 Å². The van der Waals surface area contributed by atoms with E-state index in [9.17, 15) is 22.8 Å². The topological polar surface area (TPSA) is 120 Å². The Morgan fingerprint density at radius 3 is 2.42 bits per heavy atom. The normalized spacial score (nSPS) is 11.5. The van der Waals surface area contributed by atoms with Crippen molar-refractivity contribution < 1.29 is 22.8 Å². The van der Waals surface area contributed by atoms with E-state index in [-0.39, 0.29) is 38.4 Å². The number of aromatic nitrogens is 6. The highest BCUT2D eigenvalue weighted by atomic mass is 35.5. The van der Waals surface area contributed by atoms with Crippen LogP contribution in [-0.4, -0.2) is 48.8 Å². The van der Waals surface area contributed by atoms with Crippen molar-refractivity contribution in [3.63, 3.8) is 0 Å². The Hall–Kier alpha value is -3.68. The number of hydrogen-bond donors (Lipinski definition) is 2. The number of halogens is 6. The Morgan fingerprint density at radius 1 is 1.03 bits per heavy atom. The zero-order valence-electron chi connectivity index (χ0n) is 19.4. The van der Waals surface area contributed by atoms with E-state index in [1.165, 1.54) is 37.4 Å². The lowest BCUT2D eigenvalue weighted by Gasteiger charge is -2.15. The molecule has 38 heavy (non-hydrogen) atoms. The Kier molecular flexibility index (Phi) is 7.63. The highest BCUT2D eigenvalue weighted by Crippen LogP contribution is 2.30. The number of nitrogens with one attached hydrogen (secondary N) is 2. The summed E-state index contributed by atoms with van der Waals surface area (Å²) in [6.07, 6.45) is -4.81. The van der Waals surface area contributed by atoms with E-state index >= 15 is 0 Å². The van der Waals surface area contributed by atoms with Gasteiger partial charge in [-0.1, -0.05) is 34.8 Å². The first-order chi connectivity index (χ1) is 17.9. The summed E-state index contributed by atoms with van der Waals surface area (Å²) in [5.74, 6) is -2.58. The molecule has 2 amide bonds. The summed E-state index contributed by atoms with van der Waals surface area (Å²) in [7, 11) is 1.42. The summed E-state index contributed by atoms with van der Waals surface area (Å²) in [6.45, 7) is 1.13. The zero-order chi connectivity index (χ0) is 27.8. The molecule has 4 rings (SSSR count). The fourth-order valence-electron chi connectivity index (χ4n) is 3.57. The highest BCUT2D eigenvalue weighted by molar-refractivity contribution is 6.35. The van der Waals surface area contributed by atoms with Crippen LogP contribution in [0, 0.1) is 6.92 Å². The fourth-order valence-corrected chi connectivity index (χ4v) is 4.34. The maximum absolute atomic E-state index is 13.5. The third kappa shape index (κ3) is 5.59. The third-order valence-corrected chi connectivity index (χ3v) is 5.99. The van der Waals surface area contributed by atoms with Crippen molar-refractivity contribution in [2.75, 3.05) is 12.4 Å². The lowest BCUT2D eigenvalue weighted by molar-refractivity contribution is -0.147. The summed E-state index contributed by atoms with van der Waals surface area (Å²) < 4.78 is 41.5. The van der Waals surface area contributed by atoms with Gasteiger partial charge in [0.2, 0.25) is 0 Å². The molecule has 0 aliphatic heterocycles. The van der Waals surface area contributed by atoms with Crippen LogP contribution in [0.15, 0.2) is 36.4 Å². The minimum absolute atomic E-state index is 0.0123. The minimum atomic E-state index is -4.81. The predicted octanol–water partition coefficient (Wildman–Crippen LogP) is 4.81. The standard InChI is InChI=1S/C22H16Cl3F3N8O2/c1-10-5-12(24)6-14(19(37)29-2)18(10)30-20(38)17-8-13(9-35-21(22(26,27)28)31-33-34-35)32-36(17)16-4-3-11(23)7-15(16)25/h3-8H,9H2,1-2H3,(H,29,37)(H,30,38). The number of aryl methyl sites for hydroxylation is 1. The molecule has 2 aromatic carbocycles. The highest BCUT2D eigenvalue weighted by Gasteiger charge is 2.38. The lowest BCUT2D eigenvalue weighted by atomic mass is 10.1.